The summed E-state index contributed by atoms with van der Waals surface area (Å²) in [5.74, 6) is 1.41. The summed E-state index contributed by atoms with van der Waals surface area (Å²) in [6, 6.07) is 2.02. The van der Waals surface area contributed by atoms with Crippen molar-refractivity contribution in [2.45, 2.75) is 18.3 Å². The van der Waals surface area contributed by atoms with Crippen LogP contribution in [-0.2, 0) is 29.6 Å². The van der Waals surface area contributed by atoms with Crippen LogP contribution in [0.3, 0.4) is 0 Å². The highest BCUT2D eigenvalue weighted by atomic mass is 35.5. The zero-order valence-electron chi connectivity index (χ0n) is 10.8. The van der Waals surface area contributed by atoms with Gasteiger partial charge in [0, 0.05) is 11.9 Å². The Balaban J connectivity index is 1.68. The lowest BCUT2D eigenvalue weighted by Crippen LogP contribution is -2.18. The van der Waals surface area contributed by atoms with Crippen molar-refractivity contribution in [3.8, 4) is 0 Å². The maximum absolute atomic E-state index is 12.2. The van der Waals surface area contributed by atoms with Crippen LogP contribution < -0.4 is 0 Å². The van der Waals surface area contributed by atoms with E-state index in [0.29, 0.717) is 11.0 Å². The summed E-state index contributed by atoms with van der Waals surface area (Å²) < 4.78 is 7.10. The van der Waals surface area contributed by atoms with E-state index in [4.69, 9.17) is 16.3 Å². The number of aromatic nitrogens is 2. The molecule has 0 unspecified atom stereocenters. The Labute approximate surface area is 130 Å². The van der Waals surface area contributed by atoms with Crippen molar-refractivity contribution in [2.75, 3.05) is 5.75 Å². The fourth-order valence-electron chi connectivity index (χ4n) is 2.11. The molecule has 0 fully saturated rings. The predicted octanol–water partition coefficient (Wildman–Crippen LogP) is 3.21. The van der Waals surface area contributed by atoms with Gasteiger partial charge in [0.2, 0.25) is 0 Å². The van der Waals surface area contributed by atoms with Crippen molar-refractivity contribution in [1.29, 1.82) is 0 Å². The molecule has 1 aliphatic heterocycles. The second kappa shape index (κ2) is 5.79. The van der Waals surface area contributed by atoms with Gasteiger partial charge in [-0.3, -0.25) is 4.79 Å². The number of ether oxygens (including phenoxy) is 1. The Bertz CT molecular complexity index is 638. The first kappa shape index (κ1) is 14.0. The predicted molar refractivity (Wildman–Crippen MR) is 81.2 cm³/mol. The molecule has 3 heterocycles. The van der Waals surface area contributed by atoms with Crippen LogP contribution in [0.15, 0.2) is 17.6 Å². The summed E-state index contributed by atoms with van der Waals surface area (Å²) >= 11 is 9.26. The van der Waals surface area contributed by atoms with E-state index >= 15 is 0 Å². The fraction of sp³-hybridized carbons (Fsp3) is 0.385. The number of halogens is 1. The van der Waals surface area contributed by atoms with E-state index in [1.165, 1.54) is 4.88 Å². The second-order valence-electron chi connectivity index (χ2n) is 4.46. The second-order valence-corrected chi connectivity index (χ2v) is 7.06. The third-order valence-corrected chi connectivity index (χ3v) is 5.83. The van der Waals surface area contributed by atoms with E-state index in [2.05, 4.69) is 4.98 Å². The number of imidazole rings is 1. The van der Waals surface area contributed by atoms with Crippen molar-refractivity contribution < 1.29 is 9.53 Å². The number of rotatable bonds is 3. The lowest BCUT2D eigenvalue weighted by atomic mass is 10.1. The van der Waals surface area contributed by atoms with Gasteiger partial charge in [0.15, 0.2) is 0 Å². The average Bonchev–Trinajstić information content (AvgIpc) is 3.04. The fourth-order valence-corrected chi connectivity index (χ4v) is 4.54. The molecule has 2 aromatic heterocycles. The van der Waals surface area contributed by atoms with Crippen molar-refractivity contribution in [3.63, 3.8) is 0 Å². The molecule has 7 heteroatoms. The van der Waals surface area contributed by atoms with Gasteiger partial charge in [0.05, 0.1) is 6.20 Å². The van der Waals surface area contributed by atoms with Crippen LogP contribution in [0.4, 0.5) is 0 Å². The quantitative estimate of drug-likeness (QED) is 0.812. The first-order valence-electron chi connectivity index (χ1n) is 6.17. The Morgan fingerprint density at radius 3 is 3.25 bits per heavy atom. The van der Waals surface area contributed by atoms with Gasteiger partial charge < -0.3 is 9.30 Å². The number of fused-ring (bicyclic) bond motifs is 1. The lowest BCUT2D eigenvalue weighted by Gasteiger charge is -2.20. The van der Waals surface area contributed by atoms with Crippen LogP contribution in [0, 0.1) is 0 Å². The molecule has 0 saturated heterocycles. The normalized spacial score (nSPS) is 17.8. The van der Waals surface area contributed by atoms with E-state index < -0.39 is 0 Å². The van der Waals surface area contributed by atoms with Gasteiger partial charge in [-0.25, -0.2) is 4.98 Å². The maximum Gasteiger partial charge on any atom is 0.324 e. The minimum Gasteiger partial charge on any atom is -0.456 e. The van der Waals surface area contributed by atoms with Crippen LogP contribution in [-0.4, -0.2) is 21.3 Å². The van der Waals surface area contributed by atoms with Crippen molar-refractivity contribution in [2.24, 2.45) is 7.05 Å². The van der Waals surface area contributed by atoms with Crippen molar-refractivity contribution >= 4 is 40.7 Å². The van der Waals surface area contributed by atoms with E-state index in [9.17, 15) is 4.79 Å². The Morgan fingerprint density at radius 1 is 1.65 bits per heavy atom. The zero-order valence-corrected chi connectivity index (χ0v) is 13.2. The van der Waals surface area contributed by atoms with Crippen LogP contribution >= 0.6 is 34.7 Å². The number of hydrogen-bond acceptors (Lipinski definition) is 5. The molecule has 1 aliphatic rings. The largest absolute Gasteiger partial charge is 0.456 e. The van der Waals surface area contributed by atoms with E-state index in [-0.39, 0.29) is 17.8 Å². The van der Waals surface area contributed by atoms with E-state index in [1.54, 1.807) is 40.9 Å². The standard InChI is InChI=1S/C13H13ClN2O2S2/c1-16-10(14)6-15-11(16)7-18-13(17)12-8-2-4-19-9(8)3-5-20-12/h2,4,6,12H,3,5,7H2,1H3/t12-/m1/s1. The number of thiophene rings is 1. The summed E-state index contributed by atoms with van der Waals surface area (Å²) in [4.78, 5) is 17.7. The smallest absolute Gasteiger partial charge is 0.324 e. The minimum atomic E-state index is -0.208. The number of aryl methyl sites for hydroxylation is 1. The van der Waals surface area contributed by atoms with Gasteiger partial charge in [-0.05, 0) is 29.2 Å². The van der Waals surface area contributed by atoms with Gasteiger partial charge in [-0.15, -0.1) is 23.1 Å². The first-order chi connectivity index (χ1) is 9.66. The molecule has 0 spiro atoms. The van der Waals surface area contributed by atoms with Crippen LogP contribution in [0.1, 0.15) is 21.5 Å². The van der Waals surface area contributed by atoms with Gasteiger partial charge in [0.25, 0.3) is 0 Å². The lowest BCUT2D eigenvalue weighted by molar-refractivity contribution is -0.144. The molecular formula is C13H13ClN2O2S2. The Morgan fingerprint density at radius 2 is 2.50 bits per heavy atom. The molecule has 1 atom stereocenters. The summed E-state index contributed by atoms with van der Waals surface area (Å²) in [6.45, 7) is 0.151. The average molecular weight is 329 g/mol. The van der Waals surface area contributed by atoms with Gasteiger partial charge in [0.1, 0.15) is 22.8 Å². The van der Waals surface area contributed by atoms with Gasteiger partial charge >= 0.3 is 5.97 Å². The number of carbonyl (C=O) groups is 1. The highest BCUT2D eigenvalue weighted by Crippen LogP contribution is 2.40. The van der Waals surface area contributed by atoms with E-state index in [0.717, 1.165) is 17.7 Å². The highest BCUT2D eigenvalue weighted by Gasteiger charge is 2.29. The number of carbonyl (C=O) groups excluding carboxylic acids is 1. The number of thioether (sulfide) groups is 1. The SMILES string of the molecule is Cn1c(Cl)cnc1COC(=O)[C@@H]1SCCc2sccc21. The van der Waals surface area contributed by atoms with Crippen LogP contribution in [0.25, 0.3) is 0 Å². The Hall–Kier alpha value is -0.980. The molecule has 0 N–H and O–H groups in total. The molecule has 0 radical (unpaired) electrons. The third-order valence-electron chi connectivity index (χ3n) is 3.26. The molecular weight excluding hydrogens is 316 g/mol. The molecule has 3 rings (SSSR count). The number of hydrogen-bond donors (Lipinski definition) is 0. The molecule has 2 aromatic rings. The number of esters is 1. The van der Waals surface area contributed by atoms with Gasteiger partial charge in [-0.2, -0.15) is 0 Å². The molecule has 0 amide bonds. The number of nitrogens with zero attached hydrogens (tertiary/aromatic N) is 2. The third kappa shape index (κ3) is 2.60. The molecule has 0 saturated carbocycles. The van der Waals surface area contributed by atoms with E-state index in [1.807, 2.05) is 11.4 Å². The van der Waals surface area contributed by atoms with Crippen molar-refractivity contribution in [1.82, 2.24) is 9.55 Å². The monoisotopic (exact) mass is 328 g/mol. The molecule has 0 aromatic carbocycles. The maximum atomic E-state index is 12.2. The highest BCUT2D eigenvalue weighted by molar-refractivity contribution is 8.00. The summed E-state index contributed by atoms with van der Waals surface area (Å²) in [7, 11) is 1.80. The van der Waals surface area contributed by atoms with Crippen LogP contribution in [0.5, 0.6) is 0 Å². The van der Waals surface area contributed by atoms with Crippen molar-refractivity contribution in [3.05, 3.63) is 39.1 Å². The summed E-state index contributed by atoms with van der Waals surface area (Å²) in [5, 5.41) is 2.36. The minimum absolute atomic E-state index is 0.151. The topological polar surface area (TPSA) is 44.1 Å². The zero-order chi connectivity index (χ0) is 14.1. The molecule has 4 nitrogen and oxygen atoms in total. The first-order valence-corrected chi connectivity index (χ1v) is 8.48. The molecule has 106 valence electrons. The summed E-state index contributed by atoms with van der Waals surface area (Å²) in [5.41, 5.74) is 1.11. The Kier molecular flexibility index (Phi) is 4.05. The van der Waals surface area contributed by atoms with Crippen LogP contribution in [0.2, 0.25) is 5.15 Å². The van der Waals surface area contributed by atoms with Gasteiger partial charge in [-0.1, -0.05) is 11.6 Å². The molecule has 20 heavy (non-hydrogen) atoms. The molecule has 0 aliphatic carbocycles. The molecule has 0 bridgehead atoms. The summed E-state index contributed by atoms with van der Waals surface area (Å²) in [6.07, 6.45) is 2.59.